The highest BCUT2D eigenvalue weighted by Crippen LogP contribution is 2.15. The van der Waals surface area contributed by atoms with Crippen molar-refractivity contribution in [3.05, 3.63) is 24.3 Å². The van der Waals surface area contributed by atoms with E-state index in [1.54, 1.807) is 18.2 Å². The van der Waals surface area contributed by atoms with Gasteiger partial charge in [0, 0.05) is 5.69 Å². The van der Waals surface area contributed by atoms with Gasteiger partial charge in [-0.15, -0.1) is 0 Å². The summed E-state index contributed by atoms with van der Waals surface area (Å²) in [4.78, 5) is 0.245. The number of hydrogen-bond donors (Lipinski definition) is 1. The summed E-state index contributed by atoms with van der Waals surface area (Å²) in [7, 11) is -3.31. The molecular weight excluding hydrogens is 238 g/mol. The Morgan fingerprint density at radius 2 is 1.94 bits per heavy atom. The van der Waals surface area contributed by atoms with E-state index >= 15 is 0 Å². The van der Waals surface area contributed by atoms with E-state index in [0.717, 1.165) is 0 Å². The summed E-state index contributed by atoms with van der Waals surface area (Å²) in [5.74, 6) is -0.0340. The molecule has 0 aromatic heterocycles. The first-order chi connectivity index (χ1) is 7.71. The number of nitrogens with two attached hydrogens (primary N) is 1. The fraction of sp³-hybridized carbons (Fsp3) is 0.500. The average molecular weight is 257 g/mol. The SMILES string of the molecule is CC(C)(C)OCCS(=O)(=O)c1cccc(N)c1. The summed E-state index contributed by atoms with van der Waals surface area (Å²) in [5, 5.41) is 0. The van der Waals surface area contributed by atoms with E-state index in [9.17, 15) is 8.42 Å². The van der Waals surface area contributed by atoms with Crippen LogP contribution in [0.1, 0.15) is 20.8 Å². The standard InChI is InChI=1S/C12H19NO3S/c1-12(2,3)16-7-8-17(14,15)11-6-4-5-10(13)9-11/h4-6,9H,7-8,13H2,1-3H3. The second-order valence-electron chi connectivity index (χ2n) is 4.85. The van der Waals surface area contributed by atoms with Crippen LogP contribution >= 0.6 is 0 Å². The van der Waals surface area contributed by atoms with E-state index in [2.05, 4.69) is 0 Å². The van der Waals surface area contributed by atoms with Gasteiger partial charge in [0.25, 0.3) is 0 Å². The van der Waals surface area contributed by atoms with Crippen molar-refractivity contribution in [2.45, 2.75) is 31.3 Å². The van der Waals surface area contributed by atoms with Crippen LogP contribution in [0, 0.1) is 0 Å². The van der Waals surface area contributed by atoms with Gasteiger partial charge in [-0.1, -0.05) is 6.07 Å². The van der Waals surface area contributed by atoms with Crippen LogP contribution in [0.3, 0.4) is 0 Å². The summed E-state index contributed by atoms with van der Waals surface area (Å²) in [5.41, 5.74) is 5.68. The van der Waals surface area contributed by atoms with Crippen molar-refractivity contribution < 1.29 is 13.2 Å². The normalized spacial score (nSPS) is 12.6. The third-order valence-electron chi connectivity index (χ3n) is 2.10. The molecule has 2 N–H and O–H groups in total. The first-order valence-corrected chi connectivity index (χ1v) is 7.08. The molecule has 0 bridgehead atoms. The smallest absolute Gasteiger partial charge is 0.180 e. The van der Waals surface area contributed by atoms with Gasteiger partial charge in [0.1, 0.15) is 0 Å². The maximum Gasteiger partial charge on any atom is 0.180 e. The van der Waals surface area contributed by atoms with Crippen LogP contribution in [-0.2, 0) is 14.6 Å². The van der Waals surface area contributed by atoms with E-state index in [1.165, 1.54) is 6.07 Å². The van der Waals surface area contributed by atoms with Gasteiger partial charge in [0.05, 0.1) is 22.9 Å². The highest BCUT2D eigenvalue weighted by Gasteiger charge is 2.17. The van der Waals surface area contributed by atoms with E-state index in [4.69, 9.17) is 10.5 Å². The average Bonchev–Trinajstić information content (AvgIpc) is 2.15. The van der Waals surface area contributed by atoms with Crippen molar-refractivity contribution in [2.24, 2.45) is 0 Å². The zero-order valence-corrected chi connectivity index (χ0v) is 11.3. The number of ether oxygens (including phenoxy) is 1. The lowest BCUT2D eigenvalue weighted by Crippen LogP contribution is -2.23. The summed E-state index contributed by atoms with van der Waals surface area (Å²) in [6, 6.07) is 6.30. The minimum atomic E-state index is -3.31. The van der Waals surface area contributed by atoms with Crippen molar-refractivity contribution in [2.75, 3.05) is 18.1 Å². The van der Waals surface area contributed by atoms with Crippen molar-refractivity contribution >= 4 is 15.5 Å². The molecule has 0 heterocycles. The fourth-order valence-corrected chi connectivity index (χ4v) is 2.42. The zero-order valence-electron chi connectivity index (χ0n) is 10.4. The van der Waals surface area contributed by atoms with Gasteiger partial charge in [0.2, 0.25) is 0 Å². The van der Waals surface area contributed by atoms with Crippen molar-refractivity contribution in [3.8, 4) is 0 Å². The molecule has 0 spiro atoms. The van der Waals surface area contributed by atoms with E-state index in [-0.39, 0.29) is 22.9 Å². The van der Waals surface area contributed by atoms with Crippen molar-refractivity contribution in [1.29, 1.82) is 0 Å². The first kappa shape index (κ1) is 14.0. The van der Waals surface area contributed by atoms with Gasteiger partial charge in [0.15, 0.2) is 9.84 Å². The van der Waals surface area contributed by atoms with Crippen molar-refractivity contribution in [3.63, 3.8) is 0 Å². The molecule has 17 heavy (non-hydrogen) atoms. The van der Waals surface area contributed by atoms with E-state index < -0.39 is 9.84 Å². The predicted molar refractivity (Wildman–Crippen MR) is 68.6 cm³/mol. The Labute approximate surface area is 103 Å². The maximum atomic E-state index is 11.9. The number of rotatable bonds is 4. The molecule has 1 aromatic rings. The Hall–Kier alpha value is -1.07. The van der Waals surface area contributed by atoms with Gasteiger partial charge in [-0.25, -0.2) is 8.42 Å². The van der Waals surface area contributed by atoms with Crippen molar-refractivity contribution in [1.82, 2.24) is 0 Å². The minimum Gasteiger partial charge on any atom is -0.399 e. The monoisotopic (exact) mass is 257 g/mol. The highest BCUT2D eigenvalue weighted by atomic mass is 32.2. The first-order valence-electron chi connectivity index (χ1n) is 5.43. The lowest BCUT2D eigenvalue weighted by atomic mass is 10.2. The Kier molecular flexibility index (Phi) is 4.16. The Morgan fingerprint density at radius 1 is 1.29 bits per heavy atom. The quantitative estimate of drug-likeness (QED) is 0.836. The van der Waals surface area contributed by atoms with Crippen LogP contribution in [0.2, 0.25) is 0 Å². The summed E-state index contributed by atoms with van der Waals surface area (Å²) in [6.07, 6.45) is 0. The molecule has 0 radical (unpaired) electrons. The Bertz CT molecular complexity index is 475. The van der Waals surface area contributed by atoms with Crippen LogP contribution in [0.25, 0.3) is 0 Å². The summed E-state index contributed by atoms with van der Waals surface area (Å²) >= 11 is 0. The lowest BCUT2D eigenvalue weighted by Gasteiger charge is -2.19. The number of nitrogen functional groups attached to an aromatic ring is 1. The van der Waals surface area contributed by atoms with E-state index in [1.807, 2.05) is 20.8 Å². The largest absolute Gasteiger partial charge is 0.399 e. The summed E-state index contributed by atoms with van der Waals surface area (Å²) < 4.78 is 29.3. The number of anilines is 1. The van der Waals surface area contributed by atoms with Gasteiger partial charge >= 0.3 is 0 Å². The molecular formula is C12H19NO3S. The Morgan fingerprint density at radius 3 is 2.47 bits per heavy atom. The third-order valence-corrected chi connectivity index (χ3v) is 3.78. The molecule has 5 heteroatoms. The number of sulfone groups is 1. The molecule has 0 amide bonds. The molecule has 0 unspecified atom stereocenters. The molecule has 96 valence electrons. The molecule has 0 saturated carbocycles. The number of benzene rings is 1. The lowest BCUT2D eigenvalue weighted by molar-refractivity contribution is 0.00644. The van der Waals surface area contributed by atoms with Gasteiger partial charge < -0.3 is 10.5 Å². The number of hydrogen-bond acceptors (Lipinski definition) is 4. The molecule has 0 aliphatic heterocycles. The third kappa shape index (κ3) is 4.75. The second kappa shape index (κ2) is 5.06. The van der Waals surface area contributed by atoms with Crippen LogP contribution in [-0.4, -0.2) is 26.4 Å². The van der Waals surface area contributed by atoms with Gasteiger partial charge in [-0.05, 0) is 39.0 Å². The highest BCUT2D eigenvalue weighted by molar-refractivity contribution is 7.91. The minimum absolute atomic E-state index is 0.0340. The second-order valence-corrected chi connectivity index (χ2v) is 6.96. The molecule has 0 aliphatic carbocycles. The molecule has 0 aliphatic rings. The molecule has 0 saturated heterocycles. The van der Waals surface area contributed by atoms with Crippen LogP contribution in [0.4, 0.5) is 5.69 Å². The molecule has 4 nitrogen and oxygen atoms in total. The Balaban J connectivity index is 2.70. The van der Waals surface area contributed by atoms with Gasteiger partial charge in [-0.3, -0.25) is 0 Å². The topological polar surface area (TPSA) is 69.4 Å². The van der Waals surface area contributed by atoms with E-state index in [0.29, 0.717) is 5.69 Å². The van der Waals surface area contributed by atoms with Gasteiger partial charge in [-0.2, -0.15) is 0 Å². The predicted octanol–water partition coefficient (Wildman–Crippen LogP) is 1.86. The van der Waals surface area contributed by atoms with Crippen LogP contribution in [0.15, 0.2) is 29.2 Å². The van der Waals surface area contributed by atoms with Crippen LogP contribution in [0.5, 0.6) is 0 Å². The fourth-order valence-electron chi connectivity index (χ4n) is 1.28. The molecule has 0 atom stereocenters. The van der Waals surface area contributed by atoms with Crippen LogP contribution < -0.4 is 5.73 Å². The maximum absolute atomic E-state index is 11.9. The molecule has 1 rings (SSSR count). The molecule has 1 aromatic carbocycles. The summed E-state index contributed by atoms with van der Waals surface area (Å²) in [6.45, 7) is 5.85. The molecule has 0 fully saturated rings. The zero-order chi connectivity index (χ0) is 13.1.